The molecule has 1 aromatic heterocycles. The fraction of sp³-hybridized carbons (Fsp3) is 0.545. The van der Waals surface area contributed by atoms with E-state index in [-0.39, 0.29) is 0 Å². The Bertz CT molecular complexity index is 221. The molecule has 0 amide bonds. The summed E-state index contributed by atoms with van der Waals surface area (Å²) in [6.45, 7) is 4.44. The predicted molar refractivity (Wildman–Crippen MR) is 56.8 cm³/mol. The third-order valence-corrected chi connectivity index (χ3v) is 2.08. The van der Waals surface area contributed by atoms with Gasteiger partial charge in [0.15, 0.2) is 0 Å². The molecule has 0 bridgehead atoms. The lowest BCUT2D eigenvalue weighted by atomic mass is 10.1. The molecule has 1 N–H and O–H groups in total. The molecule has 2 heteroatoms. The zero-order chi connectivity index (χ0) is 9.52. The topological polar surface area (TPSA) is 24.9 Å². The van der Waals surface area contributed by atoms with E-state index in [4.69, 9.17) is 0 Å². The zero-order valence-corrected chi connectivity index (χ0v) is 8.46. The van der Waals surface area contributed by atoms with Gasteiger partial charge in [-0.1, -0.05) is 19.8 Å². The fourth-order valence-electron chi connectivity index (χ4n) is 1.32. The van der Waals surface area contributed by atoms with Crippen LogP contribution in [0.15, 0.2) is 24.5 Å². The Morgan fingerprint density at radius 3 is 2.69 bits per heavy atom. The maximum atomic E-state index is 3.97. The molecular weight excluding hydrogens is 160 g/mol. The smallest absolute Gasteiger partial charge is 0.0373 e. The van der Waals surface area contributed by atoms with Gasteiger partial charge in [-0.15, -0.1) is 0 Å². The number of nitrogens with one attached hydrogen (secondary N) is 1. The number of unbranched alkanes of at least 4 members (excludes halogenated alkanes) is 1. The van der Waals surface area contributed by atoms with Crippen LogP contribution in [0.4, 0.5) is 5.69 Å². The summed E-state index contributed by atoms with van der Waals surface area (Å²) in [5.41, 5.74) is 1.17. The van der Waals surface area contributed by atoms with Crippen LogP contribution in [0, 0.1) is 0 Å². The number of aromatic nitrogens is 1. The van der Waals surface area contributed by atoms with Crippen LogP contribution in [-0.4, -0.2) is 11.0 Å². The molecule has 2 nitrogen and oxygen atoms in total. The molecule has 0 saturated heterocycles. The molecule has 1 heterocycles. The second-order valence-corrected chi connectivity index (χ2v) is 3.42. The second-order valence-electron chi connectivity index (χ2n) is 3.42. The Hall–Kier alpha value is -1.05. The van der Waals surface area contributed by atoms with E-state index < -0.39 is 0 Å². The molecule has 0 spiro atoms. The summed E-state index contributed by atoms with van der Waals surface area (Å²) in [6.07, 6.45) is 7.42. The van der Waals surface area contributed by atoms with E-state index in [1.807, 2.05) is 24.5 Å². The monoisotopic (exact) mass is 178 g/mol. The molecule has 0 fully saturated rings. The highest BCUT2D eigenvalue weighted by molar-refractivity contribution is 5.41. The van der Waals surface area contributed by atoms with Crippen LogP contribution >= 0.6 is 0 Å². The number of nitrogens with zero attached hydrogens (tertiary/aromatic N) is 1. The highest BCUT2D eigenvalue weighted by Crippen LogP contribution is 2.09. The maximum Gasteiger partial charge on any atom is 0.0373 e. The second kappa shape index (κ2) is 5.57. The van der Waals surface area contributed by atoms with Gasteiger partial charge in [-0.05, 0) is 25.5 Å². The van der Waals surface area contributed by atoms with E-state index in [1.165, 1.54) is 24.9 Å². The third kappa shape index (κ3) is 3.92. The van der Waals surface area contributed by atoms with E-state index in [0.29, 0.717) is 6.04 Å². The largest absolute Gasteiger partial charge is 0.383 e. The summed E-state index contributed by atoms with van der Waals surface area (Å²) in [5, 5.41) is 3.44. The molecule has 13 heavy (non-hydrogen) atoms. The number of hydrogen-bond acceptors (Lipinski definition) is 2. The van der Waals surface area contributed by atoms with Gasteiger partial charge in [-0.25, -0.2) is 0 Å². The first kappa shape index (κ1) is 10.0. The Labute approximate surface area is 80.4 Å². The minimum absolute atomic E-state index is 0.558. The molecule has 1 aromatic rings. The summed E-state index contributed by atoms with van der Waals surface area (Å²) in [5.74, 6) is 0. The molecule has 0 saturated carbocycles. The molecule has 0 aromatic carbocycles. The summed E-state index contributed by atoms with van der Waals surface area (Å²) >= 11 is 0. The van der Waals surface area contributed by atoms with Crippen molar-refractivity contribution in [2.24, 2.45) is 0 Å². The zero-order valence-electron chi connectivity index (χ0n) is 8.46. The molecule has 1 rings (SSSR count). The average Bonchev–Trinajstić information content (AvgIpc) is 2.16. The molecule has 0 aliphatic rings. The summed E-state index contributed by atoms with van der Waals surface area (Å²) in [4.78, 5) is 3.97. The minimum atomic E-state index is 0.558. The molecule has 0 aliphatic carbocycles. The van der Waals surface area contributed by atoms with Crippen molar-refractivity contribution in [3.63, 3.8) is 0 Å². The number of hydrogen-bond donors (Lipinski definition) is 1. The van der Waals surface area contributed by atoms with Gasteiger partial charge in [-0.3, -0.25) is 4.98 Å². The van der Waals surface area contributed by atoms with E-state index in [0.717, 1.165) is 0 Å². The van der Waals surface area contributed by atoms with E-state index in [1.54, 1.807) is 0 Å². The average molecular weight is 178 g/mol. The standard InChI is InChI=1S/C11H18N2/c1-3-4-5-10(2)13-11-6-8-12-9-7-11/h6-10H,3-5H2,1-2H3,(H,12,13). The Balaban J connectivity index is 2.32. The minimum Gasteiger partial charge on any atom is -0.383 e. The van der Waals surface area contributed by atoms with Crippen molar-refractivity contribution in [2.45, 2.75) is 39.2 Å². The van der Waals surface area contributed by atoms with Gasteiger partial charge in [0.25, 0.3) is 0 Å². The molecule has 72 valence electrons. The first-order valence-electron chi connectivity index (χ1n) is 4.99. The van der Waals surface area contributed by atoms with Crippen LogP contribution in [-0.2, 0) is 0 Å². The molecule has 0 aliphatic heterocycles. The van der Waals surface area contributed by atoms with Gasteiger partial charge in [0.05, 0.1) is 0 Å². The van der Waals surface area contributed by atoms with Gasteiger partial charge >= 0.3 is 0 Å². The lowest BCUT2D eigenvalue weighted by Gasteiger charge is -2.14. The Kier molecular flexibility index (Phi) is 4.30. The van der Waals surface area contributed by atoms with Crippen molar-refractivity contribution >= 4 is 5.69 Å². The van der Waals surface area contributed by atoms with Crippen LogP contribution < -0.4 is 5.32 Å². The van der Waals surface area contributed by atoms with E-state index in [2.05, 4.69) is 24.1 Å². The summed E-state index contributed by atoms with van der Waals surface area (Å²) in [7, 11) is 0. The summed E-state index contributed by atoms with van der Waals surface area (Å²) < 4.78 is 0. The lowest BCUT2D eigenvalue weighted by Crippen LogP contribution is -2.14. The lowest BCUT2D eigenvalue weighted by molar-refractivity contribution is 0.645. The maximum absolute atomic E-state index is 3.97. The molecule has 0 radical (unpaired) electrons. The van der Waals surface area contributed by atoms with Gasteiger partial charge in [0.1, 0.15) is 0 Å². The van der Waals surface area contributed by atoms with Crippen LogP contribution in [0.2, 0.25) is 0 Å². The van der Waals surface area contributed by atoms with Crippen LogP contribution in [0.25, 0.3) is 0 Å². The first-order chi connectivity index (χ1) is 6.33. The summed E-state index contributed by atoms with van der Waals surface area (Å²) in [6, 6.07) is 4.56. The van der Waals surface area contributed by atoms with Gasteiger partial charge in [0, 0.05) is 24.1 Å². The van der Waals surface area contributed by atoms with Crippen molar-refractivity contribution in [3.05, 3.63) is 24.5 Å². The van der Waals surface area contributed by atoms with Crippen molar-refractivity contribution in [1.29, 1.82) is 0 Å². The Morgan fingerprint density at radius 2 is 2.08 bits per heavy atom. The first-order valence-corrected chi connectivity index (χ1v) is 4.99. The fourth-order valence-corrected chi connectivity index (χ4v) is 1.32. The van der Waals surface area contributed by atoms with Crippen LogP contribution in [0.5, 0.6) is 0 Å². The number of rotatable bonds is 5. The van der Waals surface area contributed by atoms with Gasteiger partial charge in [0.2, 0.25) is 0 Å². The van der Waals surface area contributed by atoms with Crippen molar-refractivity contribution < 1.29 is 0 Å². The van der Waals surface area contributed by atoms with Crippen molar-refractivity contribution in [2.75, 3.05) is 5.32 Å². The normalized spacial score (nSPS) is 12.5. The quantitative estimate of drug-likeness (QED) is 0.749. The molecule has 1 atom stereocenters. The number of pyridine rings is 1. The van der Waals surface area contributed by atoms with Crippen LogP contribution in [0.3, 0.4) is 0 Å². The SMILES string of the molecule is CCCCC(C)Nc1ccncc1. The third-order valence-electron chi connectivity index (χ3n) is 2.08. The highest BCUT2D eigenvalue weighted by Gasteiger charge is 1.99. The van der Waals surface area contributed by atoms with Crippen LogP contribution in [0.1, 0.15) is 33.1 Å². The van der Waals surface area contributed by atoms with Gasteiger partial charge in [-0.2, -0.15) is 0 Å². The van der Waals surface area contributed by atoms with Gasteiger partial charge < -0.3 is 5.32 Å². The van der Waals surface area contributed by atoms with E-state index >= 15 is 0 Å². The van der Waals surface area contributed by atoms with Crippen molar-refractivity contribution in [1.82, 2.24) is 4.98 Å². The molecule has 1 unspecified atom stereocenters. The van der Waals surface area contributed by atoms with E-state index in [9.17, 15) is 0 Å². The highest BCUT2D eigenvalue weighted by atomic mass is 14.9. The predicted octanol–water partition coefficient (Wildman–Crippen LogP) is 3.07. The Morgan fingerprint density at radius 1 is 1.38 bits per heavy atom. The van der Waals surface area contributed by atoms with Crippen molar-refractivity contribution in [3.8, 4) is 0 Å². The number of anilines is 1. The molecular formula is C11H18N2.